The SMILES string of the molecule is CN(C)C1(CNC(=O)c2ccc(Br)cc2N)CCCC1. The average Bonchev–Trinajstić information content (AvgIpc) is 2.86. The number of hydrogen-bond acceptors (Lipinski definition) is 3. The Bertz CT molecular complexity index is 496. The molecule has 1 saturated carbocycles. The average molecular weight is 340 g/mol. The summed E-state index contributed by atoms with van der Waals surface area (Å²) in [5.41, 5.74) is 7.04. The van der Waals surface area contributed by atoms with Gasteiger partial charge in [-0.05, 0) is 45.1 Å². The Labute approximate surface area is 128 Å². The molecule has 1 amide bonds. The molecule has 5 heteroatoms. The van der Waals surface area contributed by atoms with Gasteiger partial charge in [-0.2, -0.15) is 0 Å². The van der Waals surface area contributed by atoms with E-state index in [0.29, 0.717) is 17.8 Å². The van der Waals surface area contributed by atoms with E-state index in [1.165, 1.54) is 12.8 Å². The number of rotatable bonds is 4. The van der Waals surface area contributed by atoms with Crippen molar-refractivity contribution in [2.24, 2.45) is 0 Å². The molecule has 1 aromatic carbocycles. The van der Waals surface area contributed by atoms with Gasteiger partial charge in [-0.15, -0.1) is 0 Å². The highest BCUT2D eigenvalue weighted by Crippen LogP contribution is 2.33. The first-order valence-corrected chi connectivity index (χ1v) is 7.75. The van der Waals surface area contributed by atoms with E-state index in [2.05, 4.69) is 40.2 Å². The lowest BCUT2D eigenvalue weighted by atomic mass is 9.96. The van der Waals surface area contributed by atoms with Gasteiger partial charge in [0.05, 0.1) is 5.56 Å². The van der Waals surface area contributed by atoms with Crippen LogP contribution in [0.3, 0.4) is 0 Å². The van der Waals surface area contributed by atoms with Crippen molar-refractivity contribution in [2.45, 2.75) is 31.2 Å². The molecule has 0 saturated heterocycles. The van der Waals surface area contributed by atoms with Crippen LogP contribution in [0.15, 0.2) is 22.7 Å². The van der Waals surface area contributed by atoms with Gasteiger partial charge < -0.3 is 16.0 Å². The van der Waals surface area contributed by atoms with E-state index in [-0.39, 0.29) is 11.4 Å². The molecule has 0 atom stereocenters. The van der Waals surface area contributed by atoms with Gasteiger partial charge >= 0.3 is 0 Å². The second-order valence-electron chi connectivity index (χ2n) is 5.74. The van der Waals surface area contributed by atoms with Gasteiger partial charge in [0, 0.05) is 22.2 Å². The summed E-state index contributed by atoms with van der Waals surface area (Å²) in [7, 11) is 4.18. The Balaban J connectivity index is 2.04. The predicted molar refractivity (Wildman–Crippen MR) is 85.8 cm³/mol. The topological polar surface area (TPSA) is 58.4 Å². The van der Waals surface area contributed by atoms with Crippen LogP contribution in [0.25, 0.3) is 0 Å². The summed E-state index contributed by atoms with van der Waals surface area (Å²) in [6.07, 6.45) is 4.73. The number of likely N-dealkylation sites (N-methyl/N-ethyl adjacent to an activating group) is 1. The maximum Gasteiger partial charge on any atom is 0.253 e. The molecule has 1 aromatic rings. The maximum absolute atomic E-state index is 12.3. The highest BCUT2D eigenvalue weighted by atomic mass is 79.9. The molecule has 0 aromatic heterocycles. The molecule has 0 radical (unpaired) electrons. The van der Waals surface area contributed by atoms with Crippen LogP contribution in [0, 0.1) is 0 Å². The monoisotopic (exact) mass is 339 g/mol. The van der Waals surface area contributed by atoms with E-state index in [0.717, 1.165) is 17.3 Å². The molecule has 0 spiro atoms. The fourth-order valence-electron chi connectivity index (χ4n) is 2.90. The van der Waals surface area contributed by atoms with Gasteiger partial charge in [-0.25, -0.2) is 0 Å². The first-order valence-electron chi connectivity index (χ1n) is 6.95. The van der Waals surface area contributed by atoms with Gasteiger partial charge in [0.15, 0.2) is 0 Å². The van der Waals surface area contributed by atoms with Crippen LogP contribution in [0.2, 0.25) is 0 Å². The molecule has 4 nitrogen and oxygen atoms in total. The second kappa shape index (κ2) is 6.14. The zero-order valence-corrected chi connectivity index (χ0v) is 13.7. The molecular formula is C15H22BrN3O. The Morgan fingerprint density at radius 2 is 2.05 bits per heavy atom. The number of nitrogens with two attached hydrogens (primary N) is 1. The summed E-state index contributed by atoms with van der Waals surface area (Å²) < 4.78 is 0.882. The number of nitrogens with one attached hydrogen (secondary N) is 1. The highest BCUT2D eigenvalue weighted by molar-refractivity contribution is 9.10. The Hall–Kier alpha value is -1.07. The number of nitrogens with zero attached hydrogens (tertiary/aromatic N) is 1. The first kappa shape index (κ1) is 15.3. The highest BCUT2D eigenvalue weighted by Gasteiger charge is 2.36. The summed E-state index contributed by atoms with van der Waals surface area (Å²) in [6.45, 7) is 0.675. The van der Waals surface area contributed by atoms with Gasteiger partial charge in [0.1, 0.15) is 0 Å². The molecule has 0 unspecified atom stereocenters. The van der Waals surface area contributed by atoms with Crippen molar-refractivity contribution < 1.29 is 4.79 Å². The summed E-state index contributed by atoms with van der Waals surface area (Å²) in [4.78, 5) is 14.5. The number of hydrogen-bond donors (Lipinski definition) is 2. The quantitative estimate of drug-likeness (QED) is 0.829. The van der Waals surface area contributed by atoms with E-state index in [1.54, 1.807) is 12.1 Å². The Kier molecular flexibility index (Phi) is 4.70. The molecule has 0 bridgehead atoms. The number of amides is 1. The van der Waals surface area contributed by atoms with Crippen LogP contribution in [-0.2, 0) is 0 Å². The lowest BCUT2D eigenvalue weighted by Gasteiger charge is -2.36. The van der Waals surface area contributed by atoms with Gasteiger partial charge in [0.2, 0.25) is 0 Å². The van der Waals surface area contributed by atoms with Gasteiger partial charge in [-0.3, -0.25) is 4.79 Å². The number of nitrogen functional groups attached to an aromatic ring is 1. The number of benzene rings is 1. The molecule has 0 aliphatic heterocycles. The molecule has 20 heavy (non-hydrogen) atoms. The fraction of sp³-hybridized carbons (Fsp3) is 0.533. The molecule has 1 aliphatic rings. The summed E-state index contributed by atoms with van der Waals surface area (Å²) in [6, 6.07) is 5.35. The Morgan fingerprint density at radius 3 is 2.60 bits per heavy atom. The molecule has 110 valence electrons. The van der Waals surface area contributed by atoms with Crippen molar-refractivity contribution >= 4 is 27.5 Å². The maximum atomic E-state index is 12.3. The largest absolute Gasteiger partial charge is 0.398 e. The van der Waals surface area contributed by atoms with Crippen LogP contribution in [0.4, 0.5) is 5.69 Å². The van der Waals surface area contributed by atoms with Crippen LogP contribution in [-0.4, -0.2) is 37.0 Å². The van der Waals surface area contributed by atoms with Crippen molar-refractivity contribution in [3.63, 3.8) is 0 Å². The molecular weight excluding hydrogens is 318 g/mol. The van der Waals surface area contributed by atoms with Crippen LogP contribution in [0.1, 0.15) is 36.0 Å². The standard InChI is InChI=1S/C15H22BrN3O/c1-19(2)15(7-3-4-8-15)10-18-14(20)12-6-5-11(16)9-13(12)17/h5-6,9H,3-4,7-8,10,17H2,1-2H3,(H,18,20). The fourth-order valence-corrected chi connectivity index (χ4v) is 3.27. The zero-order valence-electron chi connectivity index (χ0n) is 12.1. The lowest BCUT2D eigenvalue weighted by Crippen LogP contribution is -2.50. The number of carbonyl (C=O) groups excluding carboxylic acids is 1. The normalized spacial score (nSPS) is 17.4. The van der Waals surface area contributed by atoms with Gasteiger partial charge in [0.25, 0.3) is 5.91 Å². The van der Waals surface area contributed by atoms with Crippen molar-refractivity contribution in [1.82, 2.24) is 10.2 Å². The van der Waals surface area contributed by atoms with E-state index in [9.17, 15) is 4.79 Å². The van der Waals surface area contributed by atoms with Crippen molar-refractivity contribution in [1.29, 1.82) is 0 Å². The van der Waals surface area contributed by atoms with Crippen LogP contribution >= 0.6 is 15.9 Å². The third-order valence-electron chi connectivity index (χ3n) is 4.32. The van der Waals surface area contributed by atoms with E-state index < -0.39 is 0 Å². The smallest absolute Gasteiger partial charge is 0.253 e. The van der Waals surface area contributed by atoms with E-state index >= 15 is 0 Å². The lowest BCUT2D eigenvalue weighted by molar-refractivity contribution is 0.0901. The van der Waals surface area contributed by atoms with Crippen LogP contribution < -0.4 is 11.1 Å². The van der Waals surface area contributed by atoms with Crippen LogP contribution in [0.5, 0.6) is 0 Å². The molecule has 3 N–H and O–H groups in total. The minimum atomic E-state index is -0.0943. The summed E-state index contributed by atoms with van der Waals surface area (Å²) in [5.74, 6) is -0.0943. The minimum Gasteiger partial charge on any atom is -0.398 e. The third kappa shape index (κ3) is 3.15. The van der Waals surface area contributed by atoms with E-state index in [4.69, 9.17) is 5.73 Å². The predicted octanol–water partition coefficient (Wildman–Crippen LogP) is 2.64. The molecule has 1 aliphatic carbocycles. The molecule has 1 fully saturated rings. The second-order valence-corrected chi connectivity index (χ2v) is 6.66. The summed E-state index contributed by atoms with van der Waals surface area (Å²) >= 11 is 3.35. The number of carbonyl (C=O) groups is 1. The third-order valence-corrected chi connectivity index (χ3v) is 4.81. The minimum absolute atomic E-state index is 0.0943. The van der Waals surface area contributed by atoms with Crippen molar-refractivity contribution in [2.75, 3.05) is 26.4 Å². The zero-order chi connectivity index (χ0) is 14.8. The van der Waals surface area contributed by atoms with Crippen molar-refractivity contribution in [3.05, 3.63) is 28.2 Å². The van der Waals surface area contributed by atoms with Gasteiger partial charge in [-0.1, -0.05) is 28.8 Å². The van der Waals surface area contributed by atoms with E-state index in [1.807, 2.05) is 6.07 Å². The Morgan fingerprint density at radius 1 is 1.40 bits per heavy atom. The molecule has 0 heterocycles. The molecule has 2 rings (SSSR count). The number of anilines is 1. The van der Waals surface area contributed by atoms with Crippen molar-refractivity contribution in [3.8, 4) is 0 Å². The number of halogens is 1. The first-order chi connectivity index (χ1) is 9.44. The summed E-state index contributed by atoms with van der Waals surface area (Å²) in [5, 5.41) is 3.05.